The maximum absolute atomic E-state index is 11.8. The molecular weight excluding hydrogens is 677 g/mol. The molecule has 4 aromatic carbocycles. The Balaban J connectivity index is 0.000000231. The van der Waals surface area contributed by atoms with Crippen molar-refractivity contribution in [1.29, 1.82) is 0 Å². The molecule has 0 bridgehead atoms. The minimum absolute atomic E-state index is 0.000990. The molecule has 0 spiro atoms. The number of rotatable bonds is 4. The largest absolute Gasteiger partial charge is 0.387 e. The van der Waals surface area contributed by atoms with Gasteiger partial charge in [0.25, 0.3) is 0 Å². The predicted octanol–water partition coefficient (Wildman–Crippen LogP) is 9.15. The van der Waals surface area contributed by atoms with E-state index >= 15 is 0 Å². The van der Waals surface area contributed by atoms with Crippen molar-refractivity contribution in [2.45, 2.75) is 0 Å². The van der Waals surface area contributed by atoms with Crippen molar-refractivity contribution < 1.29 is 38.7 Å². The van der Waals surface area contributed by atoms with Crippen LogP contribution in [0.2, 0.25) is 30.1 Å². The Morgan fingerprint density at radius 1 is 0.381 bits per heavy atom. The number of halogens is 6. The maximum Gasteiger partial charge on any atom is 0.387 e. The SMILES string of the molecule is O=C(OOC(=O)c1ccc(Cl)cc1)c1ccc(Cl)cc1.O=C(OOC(=O)c1ccc(Cl)cc1Cl)c1ccc(Cl)cc1Cl. The van der Waals surface area contributed by atoms with Crippen LogP contribution in [0.4, 0.5) is 0 Å². The highest BCUT2D eigenvalue weighted by molar-refractivity contribution is 6.37. The van der Waals surface area contributed by atoms with Gasteiger partial charge in [-0.05, 0) is 84.9 Å². The molecular formula is C28H14Cl6O8. The molecule has 0 heterocycles. The molecule has 4 rings (SSSR count). The highest BCUT2D eigenvalue weighted by atomic mass is 35.5. The van der Waals surface area contributed by atoms with E-state index in [4.69, 9.17) is 69.6 Å². The van der Waals surface area contributed by atoms with Crippen LogP contribution in [0, 0.1) is 0 Å². The molecule has 0 N–H and O–H groups in total. The molecule has 0 aliphatic heterocycles. The van der Waals surface area contributed by atoms with Crippen LogP contribution in [-0.2, 0) is 19.6 Å². The van der Waals surface area contributed by atoms with E-state index in [1.54, 1.807) is 0 Å². The average molecular weight is 691 g/mol. The fraction of sp³-hybridized carbons (Fsp3) is 0. The van der Waals surface area contributed by atoms with Crippen LogP contribution in [0.25, 0.3) is 0 Å². The van der Waals surface area contributed by atoms with E-state index in [-0.39, 0.29) is 32.3 Å². The Bertz CT molecular complexity index is 1490. The third-order valence-electron chi connectivity index (χ3n) is 4.85. The number of carbonyl (C=O) groups is 4. The van der Waals surface area contributed by atoms with E-state index in [0.717, 1.165) is 0 Å². The molecule has 216 valence electrons. The lowest BCUT2D eigenvalue weighted by Crippen LogP contribution is -2.12. The normalized spacial score (nSPS) is 10.0. The van der Waals surface area contributed by atoms with Crippen LogP contribution in [0.15, 0.2) is 84.9 Å². The standard InChI is InChI=1S/C14H6Cl4O4.C14H8Cl2O4/c15-7-1-3-9(11(17)5-7)13(19)21-22-14(20)10-4-2-8(16)6-12(10)18;15-11-5-1-9(2-6-11)13(17)19-20-14(18)10-3-7-12(16)8-4-10/h1-6H;1-8H. The molecule has 14 heteroatoms. The van der Waals surface area contributed by atoms with Crippen LogP contribution in [0.1, 0.15) is 41.4 Å². The number of benzene rings is 4. The van der Waals surface area contributed by atoms with Crippen LogP contribution in [0.5, 0.6) is 0 Å². The summed E-state index contributed by atoms with van der Waals surface area (Å²) in [6.07, 6.45) is 0. The Labute approximate surface area is 268 Å². The van der Waals surface area contributed by atoms with Crippen molar-refractivity contribution in [3.05, 3.63) is 137 Å². The first-order valence-electron chi connectivity index (χ1n) is 11.2. The summed E-state index contributed by atoms with van der Waals surface area (Å²) in [4.78, 5) is 64.5. The van der Waals surface area contributed by atoms with E-state index in [0.29, 0.717) is 20.1 Å². The molecule has 0 aliphatic rings. The zero-order valence-corrected chi connectivity index (χ0v) is 25.2. The van der Waals surface area contributed by atoms with Gasteiger partial charge in [-0.1, -0.05) is 69.6 Å². The highest BCUT2D eigenvalue weighted by Crippen LogP contribution is 2.24. The monoisotopic (exact) mass is 688 g/mol. The van der Waals surface area contributed by atoms with Gasteiger partial charge in [-0.25, -0.2) is 38.7 Å². The molecule has 0 saturated heterocycles. The predicted molar refractivity (Wildman–Crippen MR) is 157 cm³/mol. The van der Waals surface area contributed by atoms with Gasteiger partial charge >= 0.3 is 23.9 Å². The topological polar surface area (TPSA) is 105 Å². The summed E-state index contributed by atoms with van der Waals surface area (Å²) in [5, 5.41) is 1.81. The Morgan fingerprint density at radius 3 is 0.976 bits per heavy atom. The van der Waals surface area contributed by atoms with Gasteiger partial charge in [0.05, 0.1) is 32.3 Å². The quantitative estimate of drug-likeness (QED) is 0.154. The zero-order valence-electron chi connectivity index (χ0n) is 20.6. The molecule has 8 nitrogen and oxygen atoms in total. The van der Waals surface area contributed by atoms with Crippen molar-refractivity contribution in [2.75, 3.05) is 0 Å². The number of hydrogen-bond acceptors (Lipinski definition) is 8. The molecule has 0 fully saturated rings. The summed E-state index contributed by atoms with van der Waals surface area (Å²) in [6, 6.07) is 20.2. The Kier molecular flexibility index (Phi) is 12.3. The van der Waals surface area contributed by atoms with Crippen LogP contribution in [0.3, 0.4) is 0 Å². The second-order valence-corrected chi connectivity index (χ2v) is 10.3. The van der Waals surface area contributed by atoms with E-state index in [1.807, 2.05) is 0 Å². The van der Waals surface area contributed by atoms with Crippen molar-refractivity contribution in [2.24, 2.45) is 0 Å². The first-order valence-corrected chi connectivity index (χ1v) is 13.5. The van der Waals surface area contributed by atoms with E-state index in [2.05, 4.69) is 19.6 Å². The summed E-state index contributed by atoms with van der Waals surface area (Å²) in [7, 11) is 0. The lowest BCUT2D eigenvalue weighted by Gasteiger charge is -2.06. The fourth-order valence-electron chi connectivity index (χ4n) is 2.82. The van der Waals surface area contributed by atoms with E-state index in [9.17, 15) is 19.2 Å². The molecule has 0 amide bonds. The van der Waals surface area contributed by atoms with Crippen LogP contribution >= 0.6 is 69.6 Å². The molecule has 0 aliphatic carbocycles. The molecule has 0 aromatic heterocycles. The lowest BCUT2D eigenvalue weighted by molar-refractivity contribution is -0.187. The second kappa shape index (κ2) is 15.7. The number of carbonyl (C=O) groups excluding carboxylic acids is 4. The molecule has 4 aromatic rings. The van der Waals surface area contributed by atoms with Crippen molar-refractivity contribution in [1.82, 2.24) is 0 Å². The Hall–Kier alpha value is -3.50. The Morgan fingerprint density at radius 2 is 0.667 bits per heavy atom. The average Bonchev–Trinajstić information content (AvgIpc) is 2.95. The van der Waals surface area contributed by atoms with Gasteiger partial charge in [0.1, 0.15) is 0 Å². The molecule has 42 heavy (non-hydrogen) atoms. The minimum atomic E-state index is -0.944. The summed E-state index contributed by atoms with van der Waals surface area (Å²) < 4.78 is 0. The molecule has 0 radical (unpaired) electrons. The number of hydrogen-bond donors (Lipinski definition) is 0. The van der Waals surface area contributed by atoms with Gasteiger partial charge in [-0.3, -0.25) is 0 Å². The first-order chi connectivity index (χ1) is 19.9. The van der Waals surface area contributed by atoms with Gasteiger partial charge < -0.3 is 0 Å². The first kappa shape index (κ1) is 33.0. The van der Waals surface area contributed by atoms with Gasteiger partial charge in [0.15, 0.2) is 0 Å². The van der Waals surface area contributed by atoms with Gasteiger partial charge in [-0.15, -0.1) is 0 Å². The zero-order chi connectivity index (χ0) is 30.8. The molecule has 0 atom stereocenters. The smallest absolute Gasteiger partial charge is 0.242 e. The van der Waals surface area contributed by atoms with Crippen LogP contribution < -0.4 is 0 Å². The van der Waals surface area contributed by atoms with Crippen molar-refractivity contribution in [3.8, 4) is 0 Å². The molecule has 0 unspecified atom stereocenters. The summed E-state index contributed by atoms with van der Waals surface area (Å²) in [6.45, 7) is 0. The summed E-state index contributed by atoms with van der Waals surface area (Å²) >= 11 is 34.5. The fourth-order valence-corrected chi connectivity index (χ4v) is 4.04. The van der Waals surface area contributed by atoms with Crippen LogP contribution in [-0.4, -0.2) is 23.9 Å². The van der Waals surface area contributed by atoms with Crippen molar-refractivity contribution in [3.63, 3.8) is 0 Å². The van der Waals surface area contributed by atoms with E-state index in [1.165, 1.54) is 84.9 Å². The van der Waals surface area contributed by atoms with E-state index < -0.39 is 23.9 Å². The maximum atomic E-state index is 11.8. The van der Waals surface area contributed by atoms with Crippen molar-refractivity contribution >= 4 is 93.5 Å². The molecule has 0 saturated carbocycles. The third-order valence-corrected chi connectivity index (χ3v) is 6.45. The van der Waals surface area contributed by atoms with Gasteiger partial charge in [0.2, 0.25) is 0 Å². The van der Waals surface area contributed by atoms with Gasteiger partial charge in [-0.2, -0.15) is 0 Å². The second-order valence-electron chi connectivity index (χ2n) is 7.75. The highest BCUT2D eigenvalue weighted by Gasteiger charge is 2.19. The summed E-state index contributed by atoms with van der Waals surface area (Å²) in [5.41, 5.74) is 0.443. The lowest BCUT2D eigenvalue weighted by atomic mass is 10.2. The third kappa shape index (κ3) is 9.80. The minimum Gasteiger partial charge on any atom is -0.242 e. The van der Waals surface area contributed by atoms with Gasteiger partial charge in [0, 0.05) is 20.1 Å². The summed E-state index contributed by atoms with van der Waals surface area (Å²) in [5.74, 6) is -3.46.